The fourth-order valence-corrected chi connectivity index (χ4v) is 2.83. The lowest BCUT2D eigenvalue weighted by molar-refractivity contribution is -0.148. The van der Waals surface area contributed by atoms with Gasteiger partial charge < -0.3 is 20.2 Å². The molecule has 0 aromatic carbocycles. The fourth-order valence-electron chi connectivity index (χ4n) is 2.10. The lowest BCUT2D eigenvalue weighted by atomic mass is 9.73. The summed E-state index contributed by atoms with van der Waals surface area (Å²) in [5.74, 6) is -1.88. The second-order valence-electron chi connectivity index (χ2n) is 4.49. The number of nitrogens with one attached hydrogen (secondary N) is 1. The molecule has 0 radical (unpaired) electrons. The van der Waals surface area contributed by atoms with Crippen LogP contribution in [0.2, 0.25) is 0 Å². The van der Waals surface area contributed by atoms with Crippen molar-refractivity contribution in [3.05, 3.63) is 0 Å². The molecule has 8 heteroatoms. The molecular weight excluding hydrogens is 249 g/mol. The molecule has 98 valence electrons. The van der Waals surface area contributed by atoms with Crippen LogP contribution in [0.15, 0.2) is 0 Å². The topological polar surface area (TPSA) is 124 Å². The average molecular weight is 265 g/mol. The molecule has 1 saturated heterocycles. The molecule has 0 aliphatic carbocycles. The van der Waals surface area contributed by atoms with Crippen molar-refractivity contribution in [2.45, 2.75) is 25.8 Å². The first-order valence-electron chi connectivity index (χ1n) is 5.21. The summed E-state index contributed by atoms with van der Waals surface area (Å²) in [6.45, 7) is 1.92. The van der Waals surface area contributed by atoms with Gasteiger partial charge in [0.05, 0.1) is 5.41 Å². The summed E-state index contributed by atoms with van der Waals surface area (Å²) in [5, 5.41) is 11.7. The Balaban J connectivity index is 2.93. The van der Waals surface area contributed by atoms with Crippen LogP contribution in [-0.2, 0) is 14.2 Å². The van der Waals surface area contributed by atoms with Crippen LogP contribution >= 0.6 is 7.60 Å². The van der Waals surface area contributed by atoms with E-state index in [1.54, 1.807) is 0 Å². The number of hydrogen-bond acceptors (Lipinski definition) is 4. The van der Waals surface area contributed by atoms with Crippen LogP contribution < -0.4 is 5.32 Å². The maximum Gasteiger partial charge on any atom is 0.332 e. The first-order chi connectivity index (χ1) is 7.67. The van der Waals surface area contributed by atoms with Crippen LogP contribution in [0.4, 0.5) is 0 Å². The van der Waals surface area contributed by atoms with E-state index in [0.717, 1.165) is 0 Å². The molecule has 0 saturated carbocycles. The molecule has 0 unspecified atom stereocenters. The van der Waals surface area contributed by atoms with Crippen molar-refractivity contribution >= 4 is 19.3 Å². The van der Waals surface area contributed by atoms with E-state index in [2.05, 4.69) is 5.32 Å². The summed E-state index contributed by atoms with van der Waals surface area (Å²) in [6, 6.07) is -1.09. The molecule has 2 atom stereocenters. The molecule has 0 aromatic rings. The molecule has 1 rings (SSSR count). The van der Waals surface area contributed by atoms with E-state index in [1.165, 1.54) is 6.92 Å². The zero-order chi connectivity index (χ0) is 13.3. The summed E-state index contributed by atoms with van der Waals surface area (Å²) >= 11 is 0. The van der Waals surface area contributed by atoms with Crippen molar-refractivity contribution < 1.29 is 29.0 Å². The minimum Gasteiger partial charge on any atom is -0.480 e. The molecule has 0 bridgehead atoms. The van der Waals surface area contributed by atoms with Gasteiger partial charge in [0.1, 0.15) is 12.2 Å². The van der Waals surface area contributed by atoms with E-state index in [4.69, 9.17) is 14.9 Å². The number of carbonyl (C=O) groups excluding carboxylic acids is 1. The molecule has 1 heterocycles. The van der Waals surface area contributed by atoms with Crippen LogP contribution in [0.3, 0.4) is 0 Å². The maximum atomic E-state index is 11.9. The Morgan fingerprint density at radius 2 is 2.06 bits per heavy atom. The van der Waals surface area contributed by atoms with Crippen molar-refractivity contribution in [1.29, 1.82) is 0 Å². The van der Waals surface area contributed by atoms with E-state index in [-0.39, 0.29) is 0 Å². The zero-order valence-electron chi connectivity index (χ0n) is 9.42. The minimum atomic E-state index is -4.46. The Kier molecular flexibility index (Phi) is 4.09. The lowest BCUT2D eigenvalue weighted by Gasteiger charge is -2.38. The van der Waals surface area contributed by atoms with Crippen molar-refractivity contribution in [1.82, 2.24) is 5.32 Å². The normalized spacial score (nSPS) is 29.9. The van der Waals surface area contributed by atoms with E-state index < -0.39 is 37.0 Å². The first-order valence-corrected chi connectivity index (χ1v) is 7.00. The molecule has 0 aromatic heterocycles. The van der Waals surface area contributed by atoms with E-state index >= 15 is 0 Å². The highest BCUT2D eigenvalue weighted by Gasteiger charge is 2.47. The minimum absolute atomic E-state index is 0.315. The Morgan fingerprint density at radius 3 is 2.53 bits per heavy atom. The molecule has 1 aliphatic heterocycles. The Hall–Kier alpha value is -0.750. The monoisotopic (exact) mass is 265 g/mol. The number of rotatable bonds is 4. The van der Waals surface area contributed by atoms with Gasteiger partial charge in [-0.05, 0) is 19.4 Å². The molecule has 7 nitrogen and oxygen atoms in total. The molecule has 0 spiro atoms. The van der Waals surface area contributed by atoms with Crippen LogP contribution in [0.5, 0.6) is 0 Å². The van der Waals surface area contributed by atoms with E-state index in [9.17, 15) is 14.2 Å². The highest BCUT2D eigenvalue weighted by Crippen LogP contribution is 2.40. The number of carbonyl (C=O) groups is 2. The SMILES string of the molecule is C[C@]1(C(=O)CP(=O)(O)O)CCCN[C@H]1C(=O)O. The Morgan fingerprint density at radius 1 is 1.47 bits per heavy atom. The smallest absolute Gasteiger partial charge is 0.332 e. The summed E-state index contributed by atoms with van der Waals surface area (Å²) < 4.78 is 10.8. The highest BCUT2D eigenvalue weighted by molar-refractivity contribution is 7.52. The quantitative estimate of drug-likeness (QED) is 0.509. The third kappa shape index (κ3) is 3.35. The predicted molar refractivity (Wildman–Crippen MR) is 58.7 cm³/mol. The molecule has 4 N–H and O–H groups in total. The maximum absolute atomic E-state index is 11.9. The molecule has 0 amide bonds. The fraction of sp³-hybridized carbons (Fsp3) is 0.778. The first kappa shape index (κ1) is 14.3. The van der Waals surface area contributed by atoms with Crippen LogP contribution in [-0.4, -0.2) is 45.4 Å². The van der Waals surface area contributed by atoms with Crippen molar-refractivity contribution in [3.8, 4) is 0 Å². The van der Waals surface area contributed by atoms with Gasteiger partial charge in [-0.25, -0.2) is 0 Å². The van der Waals surface area contributed by atoms with Crippen LogP contribution in [0, 0.1) is 5.41 Å². The predicted octanol–water partition coefficient (Wildman–Crippen LogP) is -0.424. The zero-order valence-corrected chi connectivity index (χ0v) is 10.3. The van der Waals surface area contributed by atoms with Gasteiger partial charge >= 0.3 is 13.6 Å². The number of Topliss-reactive ketones (excluding diaryl/α,β-unsaturated/α-hetero) is 1. The highest BCUT2D eigenvalue weighted by atomic mass is 31.2. The molecule has 17 heavy (non-hydrogen) atoms. The van der Waals surface area contributed by atoms with Gasteiger partial charge in [-0.1, -0.05) is 6.92 Å². The van der Waals surface area contributed by atoms with E-state index in [0.29, 0.717) is 19.4 Å². The van der Waals surface area contributed by atoms with Crippen LogP contribution in [0.1, 0.15) is 19.8 Å². The van der Waals surface area contributed by atoms with Gasteiger partial charge in [0.15, 0.2) is 5.78 Å². The van der Waals surface area contributed by atoms with Gasteiger partial charge in [-0.3, -0.25) is 14.2 Å². The van der Waals surface area contributed by atoms with E-state index in [1.807, 2.05) is 0 Å². The largest absolute Gasteiger partial charge is 0.480 e. The average Bonchev–Trinajstić information content (AvgIpc) is 2.15. The Labute approximate surface area is 98.4 Å². The van der Waals surface area contributed by atoms with Crippen molar-refractivity contribution in [3.63, 3.8) is 0 Å². The number of carboxylic acid groups (broad SMARTS) is 1. The third-order valence-electron chi connectivity index (χ3n) is 3.09. The lowest BCUT2D eigenvalue weighted by Crippen LogP contribution is -2.57. The summed E-state index contributed by atoms with van der Waals surface area (Å²) in [4.78, 5) is 40.4. The standard InChI is InChI=1S/C9H16NO6P/c1-9(6(11)5-17(14,15)16)3-2-4-10-7(9)8(12)13/h7,10H,2-5H2,1H3,(H,12,13)(H2,14,15,16)/t7-,9+/m0/s1. The van der Waals surface area contributed by atoms with Gasteiger partial charge in [0, 0.05) is 0 Å². The number of piperidine rings is 1. The number of aliphatic carboxylic acids is 1. The second kappa shape index (κ2) is 4.86. The molecular formula is C9H16NO6P. The molecule has 1 aliphatic rings. The number of carboxylic acids is 1. The number of hydrogen-bond donors (Lipinski definition) is 4. The van der Waals surface area contributed by atoms with Crippen LogP contribution in [0.25, 0.3) is 0 Å². The van der Waals surface area contributed by atoms with Gasteiger partial charge in [0.2, 0.25) is 0 Å². The van der Waals surface area contributed by atoms with Gasteiger partial charge in [-0.15, -0.1) is 0 Å². The third-order valence-corrected chi connectivity index (χ3v) is 3.79. The summed E-state index contributed by atoms with van der Waals surface area (Å²) in [5.41, 5.74) is -1.26. The van der Waals surface area contributed by atoms with Gasteiger partial charge in [0.25, 0.3) is 0 Å². The Bertz CT molecular complexity index is 378. The van der Waals surface area contributed by atoms with Crippen molar-refractivity contribution in [2.75, 3.05) is 12.7 Å². The summed E-state index contributed by atoms with van der Waals surface area (Å²) in [6.07, 6.45) is 0.0118. The molecule has 1 fully saturated rings. The number of ketones is 1. The van der Waals surface area contributed by atoms with Gasteiger partial charge in [-0.2, -0.15) is 0 Å². The van der Waals surface area contributed by atoms with Crippen molar-refractivity contribution in [2.24, 2.45) is 5.41 Å². The second-order valence-corrected chi connectivity index (χ2v) is 6.14. The summed E-state index contributed by atoms with van der Waals surface area (Å²) in [7, 11) is -4.46.